The molecule has 0 aliphatic heterocycles. The average Bonchev–Trinajstić information content (AvgIpc) is 2.38. The van der Waals surface area contributed by atoms with Crippen molar-refractivity contribution in [3.05, 3.63) is 30.3 Å². The second-order valence-corrected chi connectivity index (χ2v) is 5.83. The van der Waals surface area contributed by atoms with E-state index in [0.717, 1.165) is 6.42 Å². The Morgan fingerprint density at radius 3 is 2.64 bits per heavy atom. The van der Waals surface area contributed by atoms with Gasteiger partial charge in [-0.3, -0.25) is 4.79 Å². The third kappa shape index (κ3) is 8.13. The number of allylic oxidation sites excluding steroid dienone is 1. The Morgan fingerprint density at radius 1 is 1.50 bits per heavy atom. The monoisotopic (exact) mass is 333 g/mol. The van der Waals surface area contributed by atoms with E-state index < -0.39 is 11.9 Å². The van der Waals surface area contributed by atoms with Gasteiger partial charge in [-0.2, -0.15) is 0 Å². The Balaban J connectivity index is 0.00000441. The summed E-state index contributed by atoms with van der Waals surface area (Å²) in [6.45, 7) is 4.26. The van der Waals surface area contributed by atoms with E-state index in [1.165, 1.54) is 19.3 Å². The Kier molecular flexibility index (Phi) is 12.6. The Bertz CT molecular complexity index is 370. The summed E-state index contributed by atoms with van der Waals surface area (Å²) >= 11 is 0. The zero-order valence-electron chi connectivity index (χ0n) is 13.7. The van der Waals surface area contributed by atoms with E-state index in [2.05, 4.69) is 11.9 Å². The van der Waals surface area contributed by atoms with E-state index >= 15 is 0 Å². The van der Waals surface area contributed by atoms with Crippen LogP contribution in [0, 0.1) is 11.8 Å². The fourth-order valence-electron chi connectivity index (χ4n) is 2.63. The third-order valence-electron chi connectivity index (χ3n) is 4.18. The minimum absolute atomic E-state index is 0. The summed E-state index contributed by atoms with van der Waals surface area (Å²) in [5.74, 6) is -0.705. The number of nitrogens with one attached hydrogen (secondary N) is 2. The molecule has 6 heteroatoms. The molecule has 22 heavy (non-hydrogen) atoms. The Hall–Kier alpha value is 0.146. The molecule has 0 heterocycles. The average molecular weight is 334 g/mol. The Labute approximate surface area is 176 Å². The number of hydrogen-bond acceptors (Lipinski definition) is 3. The zero-order chi connectivity index (χ0) is 15.7. The van der Waals surface area contributed by atoms with E-state index in [1.807, 2.05) is 6.08 Å². The van der Waals surface area contributed by atoms with E-state index in [4.69, 9.17) is 16.6 Å². The number of rotatable bonds is 11. The molecule has 0 spiro atoms. The molecular weight excluding hydrogens is 305 g/mol. The molecule has 1 aliphatic rings. The van der Waals surface area contributed by atoms with Crippen molar-refractivity contribution < 1.29 is 61.3 Å². The van der Waals surface area contributed by atoms with Crippen LogP contribution in [0.4, 0.5) is 0 Å². The molecule has 1 aliphatic carbocycles. The van der Waals surface area contributed by atoms with Crippen LogP contribution < -0.4 is 62.4 Å². The molecule has 0 amide bonds. The summed E-state index contributed by atoms with van der Waals surface area (Å²) in [7, 11) is 0. The van der Waals surface area contributed by atoms with Crippen LogP contribution in [0.15, 0.2) is 24.6 Å². The second kappa shape index (κ2) is 12.6. The SMILES string of the molecule is C=CC[C@@H](N/C=C(\[NH-])CC(CCCN)C(=O)O)C1CCC1.[K+]. The van der Waals surface area contributed by atoms with Gasteiger partial charge in [0.1, 0.15) is 0 Å². The van der Waals surface area contributed by atoms with Crippen molar-refractivity contribution in [2.24, 2.45) is 17.6 Å². The molecule has 0 saturated heterocycles. The molecule has 1 rings (SSSR count). The van der Waals surface area contributed by atoms with Crippen molar-refractivity contribution in [2.45, 2.75) is 51.0 Å². The number of hydrogen-bond donors (Lipinski definition) is 3. The molecule has 5 N–H and O–H groups in total. The molecule has 5 nitrogen and oxygen atoms in total. The van der Waals surface area contributed by atoms with Gasteiger partial charge in [0.2, 0.25) is 0 Å². The number of nitrogens with two attached hydrogens (primary N) is 1. The molecule has 0 aromatic rings. The third-order valence-corrected chi connectivity index (χ3v) is 4.18. The predicted octanol–water partition coefficient (Wildman–Crippen LogP) is 0.0482. The predicted molar refractivity (Wildman–Crippen MR) is 85.5 cm³/mol. The molecule has 1 saturated carbocycles. The van der Waals surface area contributed by atoms with Crippen molar-refractivity contribution in [3.63, 3.8) is 0 Å². The Morgan fingerprint density at radius 2 is 2.18 bits per heavy atom. The number of carboxylic acids is 1. The molecule has 0 bridgehead atoms. The van der Waals surface area contributed by atoms with Gasteiger partial charge in [0.15, 0.2) is 0 Å². The molecule has 0 aromatic heterocycles. The first-order chi connectivity index (χ1) is 10.1. The van der Waals surface area contributed by atoms with Gasteiger partial charge < -0.3 is 21.9 Å². The van der Waals surface area contributed by atoms with Crippen molar-refractivity contribution in [1.82, 2.24) is 5.32 Å². The molecule has 1 fully saturated rings. The normalized spacial score (nSPS) is 17.8. The van der Waals surface area contributed by atoms with E-state index in [1.54, 1.807) is 6.20 Å². The van der Waals surface area contributed by atoms with Crippen molar-refractivity contribution in [1.29, 1.82) is 0 Å². The van der Waals surface area contributed by atoms with E-state index in [0.29, 0.717) is 37.0 Å². The van der Waals surface area contributed by atoms with Crippen molar-refractivity contribution in [3.8, 4) is 0 Å². The van der Waals surface area contributed by atoms with E-state index in [-0.39, 0.29) is 57.8 Å². The van der Waals surface area contributed by atoms with Crippen LogP contribution in [0.25, 0.3) is 5.73 Å². The number of aliphatic carboxylic acids is 1. The van der Waals surface area contributed by atoms with Gasteiger partial charge in [-0.25, -0.2) is 0 Å². The summed E-state index contributed by atoms with van der Waals surface area (Å²) < 4.78 is 0. The van der Waals surface area contributed by atoms with Gasteiger partial charge in [-0.15, -0.1) is 12.3 Å². The zero-order valence-corrected chi connectivity index (χ0v) is 16.8. The molecule has 2 atom stereocenters. The van der Waals surface area contributed by atoms with Gasteiger partial charge >= 0.3 is 57.4 Å². The molecule has 120 valence electrons. The summed E-state index contributed by atoms with van der Waals surface area (Å²) in [4.78, 5) is 11.2. The van der Waals surface area contributed by atoms with Gasteiger partial charge in [-0.1, -0.05) is 12.5 Å². The van der Waals surface area contributed by atoms with Gasteiger partial charge in [0, 0.05) is 6.04 Å². The number of carboxylic acid groups (broad SMARTS) is 1. The van der Waals surface area contributed by atoms with Crippen molar-refractivity contribution in [2.75, 3.05) is 6.54 Å². The van der Waals surface area contributed by atoms with Crippen LogP contribution >= 0.6 is 0 Å². The summed E-state index contributed by atoms with van der Waals surface area (Å²) in [5.41, 5.74) is 13.7. The van der Waals surface area contributed by atoms with Crippen LogP contribution in [0.5, 0.6) is 0 Å². The standard InChI is InChI=1S/C16H28N3O2.K/c1-2-5-15(12-6-3-7-12)19-11-14(18)10-13(16(20)21)8-4-9-17;/h2,11-13,15,18-19H,1,3-10,17H2,(H,20,21);/q-1;+1/b14-11-;/t13?,15-;/m1./s1. The van der Waals surface area contributed by atoms with Gasteiger partial charge in [0.25, 0.3) is 0 Å². The van der Waals surface area contributed by atoms with Gasteiger partial charge in [0.05, 0.1) is 5.92 Å². The maximum Gasteiger partial charge on any atom is 1.00 e. The molecule has 0 radical (unpaired) electrons. The number of carbonyl (C=O) groups is 1. The van der Waals surface area contributed by atoms with E-state index in [9.17, 15) is 4.79 Å². The van der Waals surface area contributed by atoms with Crippen LogP contribution in [0.2, 0.25) is 0 Å². The largest absolute Gasteiger partial charge is 1.00 e. The minimum atomic E-state index is -0.844. The topological polar surface area (TPSA) is 99.1 Å². The fraction of sp³-hybridized carbons (Fsp3) is 0.688. The molecule has 1 unspecified atom stereocenters. The summed E-state index contributed by atoms with van der Waals surface area (Å²) in [6.07, 6.45) is 9.64. The van der Waals surface area contributed by atoms with Crippen LogP contribution in [0.3, 0.4) is 0 Å². The van der Waals surface area contributed by atoms with Gasteiger partial charge in [-0.05, 0) is 57.2 Å². The first-order valence-electron chi connectivity index (χ1n) is 7.79. The van der Waals surface area contributed by atoms with Crippen LogP contribution in [0.1, 0.15) is 44.9 Å². The fourth-order valence-corrected chi connectivity index (χ4v) is 2.63. The van der Waals surface area contributed by atoms with Crippen LogP contribution in [-0.2, 0) is 4.79 Å². The summed E-state index contributed by atoms with van der Waals surface area (Å²) in [6, 6.07) is 0.323. The molecule has 0 aromatic carbocycles. The quantitative estimate of drug-likeness (QED) is 0.367. The van der Waals surface area contributed by atoms with Crippen molar-refractivity contribution >= 4 is 5.97 Å². The smallest absolute Gasteiger partial charge is 0.701 e. The first kappa shape index (κ1) is 22.1. The maximum absolute atomic E-state index is 11.2. The van der Waals surface area contributed by atoms with Crippen LogP contribution in [-0.4, -0.2) is 23.7 Å². The maximum atomic E-state index is 11.2. The first-order valence-corrected chi connectivity index (χ1v) is 7.79. The second-order valence-electron chi connectivity index (χ2n) is 5.83. The molecular formula is C16H28KN3O2. The summed E-state index contributed by atoms with van der Waals surface area (Å²) in [5, 5.41) is 12.4. The minimum Gasteiger partial charge on any atom is -0.701 e.